The Bertz CT molecular complexity index is 826. The minimum Gasteiger partial charge on any atom is -0.492 e. The number of amides is 1. The molecule has 0 radical (unpaired) electrons. The lowest BCUT2D eigenvalue weighted by molar-refractivity contribution is 0.0485. The zero-order valence-electron chi connectivity index (χ0n) is 17.7. The molecule has 0 unspecified atom stereocenters. The molecule has 0 spiro atoms. The van der Waals surface area contributed by atoms with Gasteiger partial charge in [0.25, 0.3) is 0 Å². The van der Waals surface area contributed by atoms with Crippen molar-refractivity contribution in [3.63, 3.8) is 0 Å². The van der Waals surface area contributed by atoms with Crippen molar-refractivity contribution >= 4 is 17.1 Å². The number of nitrogens with zero attached hydrogens (tertiary/aromatic N) is 2. The lowest BCUT2D eigenvalue weighted by atomic mass is 9.84. The summed E-state index contributed by atoms with van der Waals surface area (Å²) in [7, 11) is 1.60. The summed E-state index contributed by atoms with van der Waals surface area (Å²) < 4.78 is 16.4. The number of aromatic nitrogens is 2. The van der Waals surface area contributed by atoms with Gasteiger partial charge in [-0.25, -0.2) is 9.78 Å². The highest BCUT2D eigenvalue weighted by atomic mass is 16.6. The molecule has 1 saturated carbocycles. The lowest BCUT2D eigenvalue weighted by Crippen LogP contribution is -2.41. The van der Waals surface area contributed by atoms with Gasteiger partial charge in [-0.05, 0) is 64.9 Å². The lowest BCUT2D eigenvalue weighted by Gasteiger charge is -2.30. The molecule has 158 valence electrons. The second-order valence-corrected chi connectivity index (χ2v) is 8.56. The largest absolute Gasteiger partial charge is 0.492 e. The molecule has 0 bridgehead atoms. The first-order chi connectivity index (χ1) is 13.8. The summed E-state index contributed by atoms with van der Waals surface area (Å²) in [6.07, 6.45) is 6.52. The molecule has 2 aromatic rings. The maximum atomic E-state index is 11.9. The van der Waals surface area contributed by atoms with Crippen molar-refractivity contribution in [3.8, 4) is 11.6 Å². The Morgan fingerprint density at radius 3 is 2.62 bits per heavy atom. The summed E-state index contributed by atoms with van der Waals surface area (Å²) in [5.41, 5.74) is 1.11. The molecule has 2 heterocycles. The Hall–Kier alpha value is -2.57. The number of methoxy groups -OCH3 is 1. The van der Waals surface area contributed by atoms with Crippen LogP contribution in [0, 0.1) is 5.92 Å². The van der Waals surface area contributed by atoms with Crippen LogP contribution in [0.25, 0.3) is 11.0 Å². The predicted octanol–water partition coefficient (Wildman–Crippen LogP) is 4.49. The Labute approximate surface area is 172 Å². The molecule has 1 fully saturated rings. The quantitative estimate of drug-likeness (QED) is 0.768. The van der Waals surface area contributed by atoms with Crippen LogP contribution in [0.4, 0.5) is 4.79 Å². The fraction of sp³-hybridized carbons (Fsp3) is 0.591. The van der Waals surface area contributed by atoms with E-state index in [1.165, 1.54) is 0 Å². The molecule has 0 saturated heterocycles. The van der Waals surface area contributed by atoms with Crippen LogP contribution in [-0.2, 0) is 4.74 Å². The average molecular weight is 402 g/mol. The van der Waals surface area contributed by atoms with E-state index in [9.17, 15) is 4.79 Å². The second-order valence-electron chi connectivity index (χ2n) is 8.56. The van der Waals surface area contributed by atoms with Gasteiger partial charge in [0, 0.05) is 18.2 Å². The fourth-order valence-corrected chi connectivity index (χ4v) is 3.58. The van der Waals surface area contributed by atoms with Crippen molar-refractivity contribution in [2.75, 3.05) is 13.7 Å². The number of alkyl carbamates (subject to hydrolysis) is 1. The minimum absolute atomic E-state index is 0.202. The number of ether oxygens (including phenoxy) is 3. The molecule has 3 rings (SSSR count). The van der Waals surface area contributed by atoms with Crippen molar-refractivity contribution in [2.24, 2.45) is 5.92 Å². The molecule has 2 aromatic heterocycles. The summed E-state index contributed by atoms with van der Waals surface area (Å²) in [5.74, 6) is 1.89. The van der Waals surface area contributed by atoms with E-state index in [0.717, 1.165) is 48.9 Å². The smallest absolute Gasteiger partial charge is 0.407 e. The van der Waals surface area contributed by atoms with E-state index in [2.05, 4.69) is 15.3 Å². The number of hydrogen-bond donors (Lipinski definition) is 1. The van der Waals surface area contributed by atoms with Crippen molar-refractivity contribution in [2.45, 2.75) is 64.5 Å². The number of pyridine rings is 2. The van der Waals surface area contributed by atoms with Gasteiger partial charge in [-0.1, -0.05) is 0 Å². The van der Waals surface area contributed by atoms with Crippen LogP contribution < -0.4 is 14.8 Å². The zero-order valence-corrected chi connectivity index (χ0v) is 17.7. The highest BCUT2D eigenvalue weighted by molar-refractivity contribution is 5.75. The van der Waals surface area contributed by atoms with Crippen LogP contribution in [0.1, 0.15) is 52.9 Å². The Balaban J connectivity index is 1.40. The van der Waals surface area contributed by atoms with E-state index in [1.54, 1.807) is 19.4 Å². The van der Waals surface area contributed by atoms with Crippen LogP contribution in [0.15, 0.2) is 24.4 Å². The van der Waals surface area contributed by atoms with Gasteiger partial charge in [0.2, 0.25) is 5.88 Å². The number of nitrogens with one attached hydrogen (secondary N) is 1. The average Bonchev–Trinajstić information content (AvgIpc) is 2.67. The van der Waals surface area contributed by atoms with Crippen molar-refractivity contribution in [1.29, 1.82) is 0 Å². The maximum Gasteiger partial charge on any atom is 0.407 e. The second kappa shape index (κ2) is 9.29. The van der Waals surface area contributed by atoms with Crippen molar-refractivity contribution in [1.82, 2.24) is 15.3 Å². The topological polar surface area (TPSA) is 82.6 Å². The third-order valence-electron chi connectivity index (χ3n) is 5.06. The van der Waals surface area contributed by atoms with Crippen molar-refractivity contribution in [3.05, 3.63) is 24.4 Å². The van der Waals surface area contributed by atoms with Gasteiger partial charge in [-0.15, -0.1) is 0 Å². The molecular weight excluding hydrogens is 370 g/mol. The Kier molecular flexibility index (Phi) is 6.77. The number of carbonyl (C=O) groups is 1. The molecule has 0 atom stereocenters. The third-order valence-corrected chi connectivity index (χ3v) is 5.06. The molecular formula is C22H31N3O4. The SMILES string of the molecule is COc1ccc2ncc(OCC[C@H]3CC[C@H](NC(=O)OC(C)(C)C)CC3)cc2n1. The number of rotatable bonds is 6. The van der Waals surface area contributed by atoms with Gasteiger partial charge in [-0.2, -0.15) is 0 Å². The number of fused-ring (bicyclic) bond motifs is 1. The molecule has 1 amide bonds. The van der Waals surface area contributed by atoms with Crippen LogP contribution in [0.3, 0.4) is 0 Å². The standard InChI is InChI=1S/C22H31N3O4/c1-22(2,3)29-21(26)24-16-7-5-15(6-8-16)11-12-28-17-13-19-18(23-14-17)9-10-20(25-19)27-4/h9-10,13-16H,5-8,11-12H2,1-4H3,(H,24,26)/t15-,16-. The van der Waals surface area contributed by atoms with E-state index in [0.29, 0.717) is 18.4 Å². The molecule has 1 aliphatic rings. The molecule has 0 aromatic carbocycles. The number of carbonyl (C=O) groups excluding carboxylic acids is 1. The summed E-state index contributed by atoms with van der Waals surface area (Å²) >= 11 is 0. The van der Waals surface area contributed by atoms with Gasteiger partial charge < -0.3 is 19.5 Å². The van der Waals surface area contributed by atoms with E-state index in [4.69, 9.17) is 14.2 Å². The minimum atomic E-state index is -0.461. The van der Waals surface area contributed by atoms with E-state index >= 15 is 0 Å². The molecule has 29 heavy (non-hydrogen) atoms. The van der Waals surface area contributed by atoms with Gasteiger partial charge in [0.15, 0.2) is 0 Å². The van der Waals surface area contributed by atoms with Gasteiger partial charge >= 0.3 is 6.09 Å². The van der Waals surface area contributed by atoms with E-state index in [-0.39, 0.29) is 12.1 Å². The molecule has 1 N–H and O–H groups in total. The highest BCUT2D eigenvalue weighted by Crippen LogP contribution is 2.27. The zero-order chi connectivity index (χ0) is 20.9. The van der Waals surface area contributed by atoms with E-state index in [1.807, 2.05) is 32.9 Å². The highest BCUT2D eigenvalue weighted by Gasteiger charge is 2.24. The summed E-state index contributed by atoms with van der Waals surface area (Å²) in [4.78, 5) is 20.7. The summed E-state index contributed by atoms with van der Waals surface area (Å²) in [6, 6.07) is 5.78. The van der Waals surface area contributed by atoms with Crippen LogP contribution in [-0.4, -0.2) is 41.4 Å². The maximum absolute atomic E-state index is 11.9. The molecule has 7 nitrogen and oxygen atoms in total. The first kappa shape index (κ1) is 21.1. The van der Waals surface area contributed by atoms with Crippen LogP contribution in [0.2, 0.25) is 0 Å². The molecule has 1 aliphatic carbocycles. The molecule has 7 heteroatoms. The Morgan fingerprint density at radius 1 is 1.17 bits per heavy atom. The molecule has 0 aliphatic heterocycles. The monoisotopic (exact) mass is 401 g/mol. The first-order valence-corrected chi connectivity index (χ1v) is 10.3. The number of hydrogen-bond acceptors (Lipinski definition) is 6. The fourth-order valence-electron chi connectivity index (χ4n) is 3.58. The predicted molar refractivity (Wildman–Crippen MR) is 111 cm³/mol. The first-order valence-electron chi connectivity index (χ1n) is 10.3. The summed E-state index contributed by atoms with van der Waals surface area (Å²) in [5, 5.41) is 2.99. The summed E-state index contributed by atoms with van der Waals surface area (Å²) in [6.45, 7) is 6.27. The van der Waals surface area contributed by atoms with Gasteiger partial charge in [0.05, 0.1) is 30.9 Å². The Morgan fingerprint density at radius 2 is 1.93 bits per heavy atom. The normalized spacial score (nSPS) is 19.6. The van der Waals surface area contributed by atoms with Gasteiger partial charge in [-0.3, -0.25) is 4.98 Å². The van der Waals surface area contributed by atoms with E-state index < -0.39 is 5.60 Å². The third kappa shape index (κ3) is 6.48. The van der Waals surface area contributed by atoms with Crippen molar-refractivity contribution < 1.29 is 19.0 Å². The van der Waals surface area contributed by atoms with Crippen LogP contribution in [0.5, 0.6) is 11.6 Å². The van der Waals surface area contributed by atoms with Gasteiger partial charge in [0.1, 0.15) is 11.4 Å². The van der Waals surface area contributed by atoms with Crippen LogP contribution >= 0.6 is 0 Å².